The van der Waals surface area contributed by atoms with E-state index in [0.717, 1.165) is 30.8 Å². The van der Waals surface area contributed by atoms with Crippen LogP contribution in [0.5, 0.6) is 0 Å². The molecule has 2 aromatic rings. The fourth-order valence-electron chi connectivity index (χ4n) is 3.25. The van der Waals surface area contributed by atoms with Crippen molar-refractivity contribution in [2.45, 2.75) is 32.4 Å². The molecule has 0 spiro atoms. The quantitative estimate of drug-likeness (QED) is 0.844. The first-order valence-corrected chi connectivity index (χ1v) is 7.90. The highest BCUT2D eigenvalue weighted by atomic mass is 15.2. The minimum absolute atomic E-state index is 0.450. The topological polar surface area (TPSA) is 37.2 Å². The predicted molar refractivity (Wildman–Crippen MR) is 85.3 cm³/mol. The smallest absolute Gasteiger partial charge is 0.160 e. The summed E-state index contributed by atoms with van der Waals surface area (Å²) in [4.78, 5) is 14.2. The van der Waals surface area contributed by atoms with Gasteiger partial charge in [-0.1, -0.05) is 6.92 Å². The summed E-state index contributed by atoms with van der Waals surface area (Å²) in [6.07, 6.45) is 4.34. The Kier molecular flexibility index (Phi) is 4.22. The fraction of sp³-hybridized carbons (Fsp3) is 0.625. The second-order valence-electron chi connectivity index (χ2n) is 6.06. The van der Waals surface area contributed by atoms with E-state index in [0.29, 0.717) is 6.04 Å². The van der Waals surface area contributed by atoms with E-state index in [1.807, 2.05) is 12.3 Å². The molecule has 1 atom stereocenters. The van der Waals surface area contributed by atoms with Crippen molar-refractivity contribution in [2.24, 2.45) is 0 Å². The normalized spacial score (nSPS) is 19.9. The molecule has 1 aliphatic rings. The second-order valence-corrected chi connectivity index (χ2v) is 6.06. The van der Waals surface area contributed by atoms with Crippen LogP contribution in [0.2, 0.25) is 0 Å². The SMILES string of the molecule is CCN1CCCC1c1nc2cccnc2n1CCN(C)C. The molecule has 0 aromatic carbocycles. The molecule has 1 saturated heterocycles. The third kappa shape index (κ3) is 2.80. The van der Waals surface area contributed by atoms with Crippen LogP contribution in [0.15, 0.2) is 18.3 Å². The van der Waals surface area contributed by atoms with E-state index in [1.165, 1.54) is 25.2 Å². The monoisotopic (exact) mass is 287 g/mol. The van der Waals surface area contributed by atoms with Crippen LogP contribution in [0.1, 0.15) is 31.6 Å². The Morgan fingerprint density at radius 1 is 1.38 bits per heavy atom. The molecule has 0 amide bonds. The summed E-state index contributed by atoms with van der Waals surface area (Å²) in [7, 11) is 4.22. The van der Waals surface area contributed by atoms with E-state index in [-0.39, 0.29) is 0 Å². The third-order valence-corrected chi connectivity index (χ3v) is 4.37. The fourth-order valence-corrected chi connectivity index (χ4v) is 3.25. The Balaban J connectivity index is 2.01. The minimum Gasteiger partial charge on any atom is -0.310 e. The Morgan fingerprint density at radius 2 is 2.24 bits per heavy atom. The Labute approximate surface area is 126 Å². The van der Waals surface area contributed by atoms with Crippen molar-refractivity contribution in [3.05, 3.63) is 24.2 Å². The molecule has 5 heteroatoms. The highest BCUT2D eigenvalue weighted by Crippen LogP contribution is 2.32. The van der Waals surface area contributed by atoms with Crippen molar-refractivity contribution in [3.63, 3.8) is 0 Å². The number of pyridine rings is 1. The van der Waals surface area contributed by atoms with Crippen LogP contribution in [0.25, 0.3) is 11.2 Å². The van der Waals surface area contributed by atoms with Crippen LogP contribution >= 0.6 is 0 Å². The maximum Gasteiger partial charge on any atom is 0.160 e. The number of likely N-dealkylation sites (N-methyl/N-ethyl adjacent to an activating group) is 1. The average Bonchev–Trinajstić information content (AvgIpc) is 3.08. The molecule has 1 fully saturated rings. The van der Waals surface area contributed by atoms with Gasteiger partial charge in [-0.2, -0.15) is 0 Å². The largest absolute Gasteiger partial charge is 0.310 e. The number of aromatic nitrogens is 3. The first-order valence-electron chi connectivity index (χ1n) is 7.90. The van der Waals surface area contributed by atoms with Crippen molar-refractivity contribution in [1.29, 1.82) is 0 Å². The molecule has 114 valence electrons. The van der Waals surface area contributed by atoms with Gasteiger partial charge in [-0.15, -0.1) is 0 Å². The summed E-state index contributed by atoms with van der Waals surface area (Å²) < 4.78 is 2.33. The van der Waals surface area contributed by atoms with E-state index in [4.69, 9.17) is 4.98 Å². The van der Waals surface area contributed by atoms with Crippen LogP contribution in [-0.4, -0.2) is 58.1 Å². The van der Waals surface area contributed by atoms with Gasteiger partial charge in [0, 0.05) is 19.3 Å². The Hall–Kier alpha value is -1.46. The van der Waals surface area contributed by atoms with Crippen LogP contribution in [-0.2, 0) is 6.54 Å². The highest BCUT2D eigenvalue weighted by Gasteiger charge is 2.29. The molecule has 21 heavy (non-hydrogen) atoms. The average molecular weight is 287 g/mol. The first-order chi connectivity index (χ1) is 10.2. The lowest BCUT2D eigenvalue weighted by molar-refractivity contribution is 0.254. The van der Waals surface area contributed by atoms with Gasteiger partial charge >= 0.3 is 0 Å². The van der Waals surface area contributed by atoms with E-state index >= 15 is 0 Å². The molecule has 0 saturated carbocycles. The molecule has 0 aliphatic carbocycles. The zero-order chi connectivity index (χ0) is 14.8. The summed E-state index contributed by atoms with van der Waals surface area (Å²) in [5.74, 6) is 1.20. The molecule has 5 nitrogen and oxygen atoms in total. The number of imidazole rings is 1. The number of hydrogen-bond donors (Lipinski definition) is 0. The van der Waals surface area contributed by atoms with Gasteiger partial charge in [0.25, 0.3) is 0 Å². The van der Waals surface area contributed by atoms with Crippen LogP contribution < -0.4 is 0 Å². The van der Waals surface area contributed by atoms with Crippen LogP contribution in [0.3, 0.4) is 0 Å². The molecule has 0 bridgehead atoms. The van der Waals surface area contributed by atoms with Gasteiger partial charge in [0.15, 0.2) is 5.65 Å². The van der Waals surface area contributed by atoms with Gasteiger partial charge in [0.1, 0.15) is 11.3 Å². The van der Waals surface area contributed by atoms with Crippen molar-refractivity contribution in [1.82, 2.24) is 24.3 Å². The van der Waals surface area contributed by atoms with E-state index < -0.39 is 0 Å². The van der Waals surface area contributed by atoms with Crippen molar-refractivity contribution < 1.29 is 0 Å². The van der Waals surface area contributed by atoms with Crippen LogP contribution in [0, 0.1) is 0 Å². The first kappa shape index (κ1) is 14.5. The summed E-state index contributed by atoms with van der Waals surface area (Å²) in [5.41, 5.74) is 2.05. The van der Waals surface area contributed by atoms with E-state index in [9.17, 15) is 0 Å². The van der Waals surface area contributed by atoms with Crippen molar-refractivity contribution in [2.75, 3.05) is 33.7 Å². The molecular weight excluding hydrogens is 262 g/mol. The predicted octanol–water partition coefficient (Wildman–Crippen LogP) is 2.15. The number of hydrogen-bond acceptors (Lipinski definition) is 4. The van der Waals surface area contributed by atoms with Gasteiger partial charge in [-0.3, -0.25) is 4.90 Å². The number of likely N-dealkylation sites (tertiary alicyclic amines) is 1. The van der Waals surface area contributed by atoms with Crippen LogP contribution in [0.4, 0.5) is 0 Å². The zero-order valence-corrected chi connectivity index (χ0v) is 13.3. The summed E-state index contributed by atoms with van der Waals surface area (Å²) in [5, 5.41) is 0. The Bertz CT molecular complexity index is 604. The van der Waals surface area contributed by atoms with Gasteiger partial charge in [0.2, 0.25) is 0 Å². The number of rotatable bonds is 5. The Morgan fingerprint density at radius 3 is 3.00 bits per heavy atom. The number of nitrogens with zero attached hydrogens (tertiary/aromatic N) is 5. The molecule has 1 unspecified atom stereocenters. The zero-order valence-electron chi connectivity index (χ0n) is 13.3. The lowest BCUT2D eigenvalue weighted by Crippen LogP contribution is -2.27. The summed E-state index contributed by atoms with van der Waals surface area (Å²) in [6.45, 7) is 6.47. The van der Waals surface area contributed by atoms with E-state index in [1.54, 1.807) is 0 Å². The molecule has 3 rings (SSSR count). The van der Waals surface area contributed by atoms with Gasteiger partial charge in [-0.25, -0.2) is 9.97 Å². The molecule has 0 N–H and O–H groups in total. The lowest BCUT2D eigenvalue weighted by atomic mass is 10.2. The summed E-state index contributed by atoms with van der Waals surface area (Å²) >= 11 is 0. The third-order valence-electron chi connectivity index (χ3n) is 4.37. The van der Waals surface area contributed by atoms with Gasteiger partial charge < -0.3 is 9.47 Å². The molecule has 1 aliphatic heterocycles. The summed E-state index contributed by atoms with van der Waals surface area (Å²) in [6, 6.07) is 4.50. The van der Waals surface area contributed by atoms with Gasteiger partial charge in [0.05, 0.1) is 6.04 Å². The number of fused-ring (bicyclic) bond motifs is 1. The minimum atomic E-state index is 0.450. The molecule has 2 aromatic heterocycles. The maximum absolute atomic E-state index is 4.91. The van der Waals surface area contributed by atoms with Crippen molar-refractivity contribution >= 4 is 11.2 Å². The second kappa shape index (κ2) is 6.12. The van der Waals surface area contributed by atoms with Gasteiger partial charge in [-0.05, 0) is 52.2 Å². The standard InChI is InChI=1S/C16H25N5/c1-4-20-10-6-8-14(20)16-18-13-7-5-9-17-15(13)21(16)12-11-19(2)3/h5,7,9,14H,4,6,8,10-12H2,1-3H3. The molecular formula is C16H25N5. The van der Waals surface area contributed by atoms with Crippen molar-refractivity contribution in [3.8, 4) is 0 Å². The maximum atomic E-state index is 4.91. The highest BCUT2D eigenvalue weighted by molar-refractivity contribution is 5.71. The molecule has 3 heterocycles. The molecule has 0 radical (unpaired) electrons. The van der Waals surface area contributed by atoms with E-state index in [2.05, 4.69) is 46.4 Å². The lowest BCUT2D eigenvalue weighted by Gasteiger charge is -2.23.